The van der Waals surface area contributed by atoms with Gasteiger partial charge in [0.1, 0.15) is 5.56 Å². The molecule has 9 heteroatoms. The standard InChI is InChI=1S/C16H16N4O5.C2H6/c1-4-25-14(22)10-8-20(15(23)17-13(10)21)9-5-6-11-12(7-9)19(3)16(24)18(11)2;1-2/h5-8H,4H2,1-3H3,(H,17,21,23);1-2H3. The molecule has 0 fully saturated rings. The van der Waals surface area contributed by atoms with Crippen molar-refractivity contribution in [3.8, 4) is 5.69 Å². The van der Waals surface area contributed by atoms with E-state index >= 15 is 0 Å². The first-order valence-electron chi connectivity index (χ1n) is 8.54. The van der Waals surface area contributed by atoms with Gasteiger partial charge >= 0.3 is 17.3 Å². The quantitative estimate of drug-likeness (QED) is 0.686. The average molecular weight is 374 g/mol. The molecule has 0 aliphatic carbocycles. The van der Waals surface area contributed by atoms with Gasteiger partial charge < -0.3 is 4.74 Å². The van der Waals surface area contributed by atoms with Crippen LogP contribution in [0, 0.1) is 0 Å². The number of nitrogens with zero attached hydrogens (tertiary/aromatic N) is 3. The number of hydrogen-bond donors (Lipinski definition) is 1. The number of aryl methyl sites for hydroxylation is 2. The zero-order chi connectivity index (χ0) is 20.3. The molecule has 0 unspecified atom stereocenters. The summed E-state index contributed by atoms with van der Waals surface area (Å²) in [5.74, 6) is -0.814. The van der Waals surface area contributed by atoms with E-state index in [-0.39, 0.29) is 17.9 Å². The predicted octanol–water partition coefficient (Wildman–Crippen LogP) is 0.919. The van der Waals surface area contributed by atoms with Crippen molar-refractivity contribution in [1.29, 1.82) is 0 Å². The number of benzene rings is 1. The van der Waals surface area contributed by atoms with Gasteiger partial charge in [-0.05, 0) is 25.1 Å². The van der Waals surface area contributed by atoms with E-state index in [1.165, 1.54) is 9.13 Å². The molecule has 2 aromatic heterocycles. The number of fused-ring (bicyclic) bond motifs is 1. The van der Waals surface area contributed by atoms with Crippen LogP contribution in [0.3, 0.4) is 0 Å². The minimum atomic E-state index is -0.814. The molecule has 9 nitrogen and oxygen atoms in total. The second-order valence-corrected chi connectivity index (χ2v) is 5.47. The molecule has 0 bridgehead atoms. The van der Waals surface area contributed by atoms with Crippen LogP contribution < -0.4 is 16.9 Å². The number of aromatic amines is 1. The summed E-state index contributed by atoms with van der Waals surface area (Å²) in [4.78, 5) is 50.0. The molecule has 3 rings (SSSR count). The lowest BCUT2D eigenvalue weighted by Gasteiger charge is -2.08. The lowest BCUT2D eigenvalue weighted by molar-refractivity contribution is 0.0523. The molecule has 0 amide bonds. The highest BCUT2D eigenvalue weighted by Gasteiger charge is 2.16. The zero-order valence-electron chi connectivity index (χ0n) is 15.9. The summed E-state index contributed by atoms with van der Waals surface area (Å²) in [7, 11) is 3.27. The molecular formula is C18H22N4O5. The molecule has 0 saturated carbocycles. The number of aromatic nitrogens is 4. The molecule has 1 aromatic carbocycles. The van der Waals surface area contributed by atoms with Gasteiger partial charge in [0.05, 0.1) is 23.3 Å². The van der Waals surface area contributed by atoms with Crippen molar-refractivity contribution in [2.24, 2.45) is 14.1 Å². The van der Waals surface area contributed by atoms with Crippen molar-refractivity contribution in [2.45, 2.75) is 20.8 Å². The average Bonchev–Trinajstić information content (AvgIpc) is 2.87. The lowest BCUT2D eigenvalue weighted by atomic mass is 10.2. The molecule has 2 heterocycles. The zero-order valence-corrected chi connectivity index (χ0v) is 15.9. The summed E-state index contributed by atoms with van der Waals surface area (Å²) < 4.78 is 8.89. The smallest absolute Gasteiger partial charge is 0.345 e. The molecular weight excluding hydrogens is 352 g/mol. The van der Waals surface area contributed by atoms with Crippen LogP contribution in [0.1, 0.15) is 31.1 Å². The maximum Gasteiger partial charge on any atom is 0.345 e. The predicted molar refractivity (Wildman–Crippen MR) is 102 cm³/mol. The van der Waals surface area contributed by atoms with Gasteiger partial charge in [-0.1, -0.05) is 13.8 Å². The first kappa shape index (κ1) is 20.0. The summed E-state index contributed by atoms with van der Waals surface area (Å²) in [5.41, 5.74) is -0.275. The van der Waals surface area contributed by atoms with Crippen LogP contribution in [-0.4, -0.2) is 31.3 Å². The van der Waals surface area contributed by atoms with Gasteiger partial charge in [0, 0.05) is 20.3 Å². The van der Waals surface area contributed by atoms with Crippen molar-refractivity contribution in [3.05, 3.63) is 61.3 Å². The van der Waals surface area contributed by atoms with Crippen LogP contribution >= 0.6 is 0 Å². The van der Waals surface area contributed by atoms with Crippen molar-refractivity contribution in [1.82, 2.24) is 18.7 Å². The van der Waals surface area contributed by atoms with E-state index in [1.807, 2.05) is 13.8 Å². The fourth-order valence-electron chi connectivity index (χ4n) is 2.66. The Bertz CT molecular complexity index is 1160. The highest BCUT2D eigenvalue weighted by atomic mass is 16.5. The SMILES string of the molecule is CC.CCOC(=O)c1cn(-c2ccc3c(c2)n(C)c(=O)n3C)c(=O)[nH]c1=O. The van der Waals surface area contributed by atoms with E-state index < -0.39 is 17.2 Å². The molecule has 27 heavy (non-hydrogen) atoms. The molecule has 0 spiro atoms. The summed E-state index contributed by atoms with van der Waals surface area (Å²) in [6, 6.07) is 4.94. The third-order valence-corrected chi connectivity index (χ3v) is 3.97. The Labute approximate surface area is 154 Å². The van der Waals surface area contributed by atoms with Gasteiger partial charge in [-0.25, -0.2) is 14.4 Å². The Morgan fingerprint density at radius 3 is 2.33 bits per heavy atom. The summed E-state index contributed by atoms with van der Waals surface area (Å²) in [6.07, 6.45) is 1.14. The lowest BCUT2D eigenvalue weighted by Crippen LogP contribution is -2.33. The van der Waals surface area contributed by atoms with E-state index in [4.69, 9.17) is 4.74 Å². The second-order valence-electron chi connectivity index (χ2n) is 5.47. The van der Waals surface area contributed by atoms with Crippen LogP contribution in [0.25, 0.3) is 16.7 Å². The number of ether oxygens (including phenoxy) is 1. The molecule has 0 aliphatic rings. The largest absolute Gasteiger partial charge is 0.462 e. The number of imidazole rings is 1. The number of carbonyl (C=O) groups excluding carboxylic acids is 1. The number of rotatable bonds is 3. The Morgan fingerprint density at radius 2 is 1.70 bits per heavy atom. The first-order chi connectivity index (χ1) is 12.8. The topological polar surface area (TPSA) is 108 Å². The molecule has 0 radical (unpaired) electrons. The molecule has 0 saturated heterocycles. The summed E-state index contributed by atoms with van der Waals surface area (Å²) in [5, 5.41) is 0. The van der Waals surface area contributed by atoms with Gasteiger partial charge in [-0.3, -0.25) is 23.5 Å². The monoisotopic (exact) mass is 374 g/mol. The number of H-pyrrole nitrogens is 1. The first-order valence-corrected chi connectivity index (χ1v) is 8.54. The Balaban J connectivity index is 0.00000126. The minimum Gasteiger partial charge on any atom is -0.462 e. The van der Waals surface area contributed by atoms with Crippen molar-refractivity contribution in [3.63, 3.8) is 0 Å². The highest BCUT2D eigenvalue weighted by molar-refractivity contribution is 5.88. The number of carbonyl (C=O) groups is 1. The van der Waals surface area contributed by atoms with Crippen molar-refractivity contribution >= 4 is 17.0 Å². The second kappa shape index (κ2) is 7.90. The minimum absolute atomic E-state index is 0.107. The van der Waals surface area contributed by atoms with E-state index in [9.17, 15) is 19.2 Å². The van der Waals surface area contributed by atoms with Crippen molar-refractivity contribution < 1.29 is 9.53 Å². The number of hydrogen-bond acceptors (Lipinski definition) is 5. The van der Waals surface area contributed by atoms with Gasteiger partial charge in [-0.2, -0.15) is 0 Å². The molecule has 1 N–H and O–H groups in total. The summed E-state index contributed by atoms with van der Waals surface area (Å²) >= 11 is 0. The van der Waals surface area contributed by atoms with Gasteiger partial charge in [0.15, 0.2) is 0 Å². The van der Waals surface area contributed by atoms with Gasteiger partial charge in [-0.15, -0.1) is 0 Å². The maximum atomic E-state index is 12.1. The van der Waals surface area contributed by atoms with Crippen LogP contribution in [0.5, 0.6) is 0 Å². The van der Waals surface area contributed by atoms with E-state index in [2.05, 4.69) is 4.98 Å². The normalized spacial score (nSPS) is 10.4. The Kier molecular flexibility index (Phi) is 5.84. The molecule has 144 valence electrons. The fourth-order valence-corrected chi connectivity index (χ4v) is 2.66. The van der Waals surface area contributed by atoms with Crippen LogP contribution in [0.4, 0.5) is 0 Å². The Morgan fingerprint density at radius 1 is 1.07 bits per heavy atom. The highest BCUT2D eigenvalue weighted by Crippen LogP contribution is 2.16. The van der Waals surface area contributed by atoms with E-state index in [1.54, 1.807) is 39.2 Å². The molecule has 0 aliphatic heterocycles. The number of nitrogens with one attached hydrogen (secondary N) is 1. The molecule has 0 atom stereocenters. The summed E-state index contributed by atoms with van der Waals surface area (Å²) in [6.45, 7) is 5.72. The van der Waals surface area contributed by atoms with E-state index in [0.717, 1.165) is 10.8 Å². The van der Waals surface area contributed by atoms with Gasteiger partial charge in [0.2, 0.25) is 0 Å². The fraction of sp³-hybridized carbons (Fsp3) is 0.333. The van der Waals surface area contributed by atoms with Crippen LogP contribution in [0.2, 0.25) is 0 Å². The van der Waals surface area contributed by atoms with Crippen LogP contribution in [0.15, 0.2) is 38.8 Å². The Hall–Kier alpha value is -3.36. The van der Waals surface area contributed by atoms with Crippen molar-refractivity contribution in [2.75, 3.05) is 6.61 Å². The number of esters is 1. The third kappa shape index (κ3) is 3.48. The van der Waals surface area contributed by atoms with E-state index in [0.29, 0.717) is 16.7 Å². The van der Waals surface area contributed by atoms with Crippen LogP contribution in [-0.2, 0) is 18.8 Å². The molecule has 3 aromatic rings. The maximum absolute atomic E-state index is 12.1. The third-order valence-electron chi connectivity index (χ3n) is 3.97. The van der Waals surface area contributed by atoms with Gasteiger partial charge in [0.25, 0.3) is 5.56 Å².